The summed E-state index contributed by atoms with van der Waals surface area (Å²) in [6, 6.07) is 11.9. The van der Waals surface area contributed by atoms with Gasteiger partial charge < -0.3 is 35.9 Å². The summed E-state index contributed by atoms with van der Waals surface area (Å²) in [5.74, 6) is -1.75. The minimum atomic E-state index is -0.450. The van der Waals surface area contributed by atoms with Crippen LogP contribution in [0.25, 0.3) is 0 Å². The van der Waals surface area contributed by atoms with Gasteiger partial charge in [0.1, 0.15) is 11.6 Å². The standard InChI is InChI=1S/2C8H8FNOS.Co/c2*9-6-3-1-2-4-7(6)10-8(11)5-12;/h2*1-4,12H,5H2,(H,10,11);/q;;+2/p-2. The molecule has 0 bridgehead atoms. The number of hydrogen-bond donors (Lipinski definition) is 2. The quantitative estimate of drug-likeness (QED) is 0.737. The van der Waals surface area contributed by atoms with E-state index in [1.165, 1.54) is 24.3 Å². The fraction of sp³-hybridized carbons (Fsp3) is 0.125. The van der Waals surface area contributed by atoms with E-state index >= 15 is 0 Å². The van der Waals surface area contributed by atoms with Gasteiger partial charge in [-0.15, -0.1) is 0 Å². The molecule has 0 saturated heterocycles. The van der Waals surface area contributed by atoms with Crippen LogP contribution in [0.4, 0.5) is 20.2 Å². The van der Waals surface area contributed by atoms with Crippen molar-refractivity contribution in [1.29, 1.82) is 0 Å². The third-order valence-corrected chi connectivity index (χ3v) is 3.08. The molecule has 0 aromatic heterocycles. The summed E-state index contributed by atoms with van der Waals surface area (Å²) in [5, 5.41) is 4.68. The van der Waals surface area contributed by atoms with Gasteiger partial charge in [0.2, 0.25) is 0 Å². The molecular formula is C16H14CoF2N2O2S2. The number of para-hydroxylation sites is 2. The normalized spacial score (nSPS) is 9.12. The molecule has 9 heteroatoms. The van der Waals surface area contributed by atoms with Crippen LogP contribution in [0.15, 0.2) is 48.5 Å². The summed E-state index contributed by atoms with van der Waals surface area (Å²) < 4.78 is 25.7. The number of anilines is 2. The van der Waals surface area contributed by atoms with Gasteiger partial charge in [-0.25, -0.2) is 8.78 Å². The van der Waals surface area contributed by atoms with Gasteiger partial charge in [0.25, 0.3) is 0 Å². The number of carbonyl (C=O) groups excluding carboxylic acids is 2. The fourth-order valence-corrected chi connectivity index (χ4v) is 1.64. The van der Waals surface area contributed by atoms with E-state index in [0.29, 0.717) is 0 Å². The summed E-state index contributed by atoms with van der Waals surface area (Å²) in [4.78, 5) is 21.5. The van der Waals surface area contributed by atoms with Crippen molar-refractivity contribution in [3.05, 3.63) is 60.2 Å². The SMILES string of the molecule is O=C(C[S-])Nc1ccccc1F.O=C(C[S-])Nc1ccccc1F.[Co+2]. The Bertz CT molecular complexity index is 646. The van der Waals surface area contributed by atoms with Crippen molar-refractivity contribution in [1.82, 2.24) is 0 Å². The second-order valence-electron chi connectivity index (χ2n) is 4.34. The first-order valence-electron chi connectivity index (χ1n) is 6.73. The number of carbonyl (C=O) groups is 2. The number of amides is 2. The Morgan fingerprint density at radius 3 is 1.36 bits per heavy atom. The van der Waals surface area contributed by atoms with Crippen LogP contribution < -0.4 is 10.6 Å². The zero-order chi connectivity index (χ0) is 17.9. The van der Waals surface area contributed by atoms with E-state index in [-0.39, 0.29) is 51.5 Å². The molecule has 0 atom stereocenters. The molecule has 4 nitrogen and oxygen atoms in total. The van der Waals surface area contributed by atoms with Gasteiger partial charge in [0.15, 0.2) is 11.8 Å². The van der Waals surface area contributed by atoms with Crippen LogP contribution in [0.3, 0.4) is 0 Å². The summed E-state index contributed by atoms with van der Waals surface area (Å²) >= 11 is 8.97. The van der Waals surface area contributed by atoms with E-state index < -0.39 is 11.6 Å². The van der Waals surface area contributed by atoms with E-state index in [0.717, 1.165) is 0 Å². The average molecular weight is 427 g/mol. The molecule has 2 amide bonds. The Morgan fingerprint density at radius 1 is 0.760 bits per heavy atom. The number of nitrogens with one attached hydrogen (secondary N) is 2. The summed E-state index contributed by atoms with van der Waals surface area (Å²) in [5.41, 5.74) is 0.347. The molecule has 0 aliphatic heterocycles. The first-order valence-corrected chi connectivity index (χ1v) is 7.88. The third kappa shape index (κ3) is 8.91. The smallest absolute Gasteiger partial charge is 0.783 e. The molecule has 0 unspecified atom stereocenters. The van der Waals surface area contributed by atoms with Gasteiger partial charge in [0.05, 0.1) is 11.4 Å². The van der Waals surface area contributed by atoms with Crippen LogP contribution in [-0.4, -0.2) is 23.3 Å². The zero-order valence-electron chi connectivity index (χ0n) is 12.8. The van der Waals surface area contributed by atoms with E-state index in [4.69, 9.17) is 0 Å². The number of halogens is 2. The van der Waals surface area contributed by atoms with Crippen LogP contribution >= 0.6 is 0 Å². The van der Waals surface area contributed by atoms with Crippen molar-refractivity contribution < 1.29 is 35.1 Å². The predicted octanol–water partition coefficient (Wildman–Crippen LogP) is 2.62. The molecule has 1 radical (unpaired) electrons. The maximum atomic E-state index is 12.8. The molecule has 0 heterocycles. The molecule has 0 fully saturated rings. The maximum Gasteiger partial charge on any atom is 2.00 e. The number of hydrogen-bond acceptors (Lipinski definition) is 4. The predicted molar refractivity (Wildman–Crippen MR) is 94.5 cm³/mol. The van der Waals surface area contributed by atoms with Gasteiger partial charge in [-0.2, -0.15) is 0 Å². The summed E-state index contributed by atoms with van der Waals surface area (Å²) in [7, 11) is 0. The Kier molecular flexibility index (Phi) is 12.0. The van der Waals surface area contributed by atoms with Gasteiger partial charge >= 0.3 is 16.8 Å². The van der Waals surface area contributed by atoms with Crippen molar-refractivity contribution in [2.75, 3.05) is 22.1 Å². The summed E-state index contributed by atoms with van der Waals surface area (Å²) in [6.45, 7) is 0. The van der Waals surface area contributed by atoms with Gasteiger partial charge in [0, 0.05) is 0 Å². The molecule has 2 rings (SSSR count). The second kappa shape index (κ2) is 12.8. The minimum absolute atomic E-state index is 0. The van der Waals surface area contributed by atoms with Crippen molar-refractivity contribution in [2.45, 2.75) is 0 Å². The molecule has 25 heavy (non-hydrogen) atoms. The van der Waals surface area contributed by atoms with Crippen molar-refractivity contribution in [3.63, 3.8) is 0 Å². The van der Waals surface area contributed by atoms with Crippen molar-refractivity contribution >= 4 is 48.4 Å². The fourth-order valence-electron chi connectivity index (χ4n) is 1.50. The number of rotatable bonds is 4. The topological polar surface area (TPSA) is 58.2 Å². The maximum absolute atomic E-state index is 12.8. The molecule has 0 aliphatic carbocycles. The Hall–Kier alpha value is -1.55. The van der Waals surface area contributed by atoms with Crippen LogP contribution in [0.2, 0.25) is 0 Å². The Balaban J connectivity index is 0.000000443. The Labute approximate surface area is 165 Å². The van der Waals surface area contributed by atoms with Gasteiger partial charge in [-0.1, -0.05) is 35.8 Å². The second-order valence-corrected chi connectivity index (χ2v) is 4.92. The van der Waals surface area contributed by atoms with Gasteiger partial charge in [-0.3, -0.25) is 9.59 Å². The van der Waals surface area contributed by atoms with Crippen LogP contribution in [-0.2, 0) is 51.6 Å². The molecule has 0 aliphatic rings. The molecule has 135 valence electrons. The van der Waals surface area contributed by atoms with Crippen LogP contribution in [0.1, 0.15) is 0 Å². The van der Waals surface area contributed by atoms with Crippen molar-refractivity contribution in [3.8, 4) is 0 Å². The zero-order valence-corrected chi connectivity index (χ0v) is 15.4. The molecular weight excluding hydrogens is 413 g/mol. The largest absolute Gasteiger partial charge is 2.00 e. The molecule has 2 aromatic rings. The molecule has 0 spiro atoms. The first kappa shape index (κ1) is 23.4. The molecule has 2 aromatic carbocycles. The van der Waals surface area contributed by atoms with E-state index in [9.17, 15) is 18.4 Å². The Morgan fingerprint density at radius 2 is 1.08 bits per heavy atom. The minimum Gasteiger partial charge on any atom is -0.783 e. The monoisotopic (exact) mass is 427 g/mol. The molecule has 2 N–H and O–H groups in total. The molecule has 0 saturated carbocycles. The van der Waals surface area contributed by atoms with Gasteiger partial charge in [-0.05, 0) is 24.3 Å². The van der Waals surface area contributed by atoms with Crippen LogP contribution in [0, 0.1) is 11.6 Å². The van der Waals surface area contributed by atoms with E-state index in [1.54, 1.807) is 24.3 Å². The van der Waals surface area contributed by atoms with E-state index in [2.05, 4.69) is 35.9 Å². The van der Waals surface area contributed by atoms with Crippen LogP contribution in [0.5, 0.6) is 0 Å². The summed E-state index contributed by atoms with van der Waals surface area (Å²) in [6.07, 6.45) is 0. The first-order chi connectivity index (χ1) is 11.5. The van der Waals surface area contributed by atoms with Crippen molar-refractivity contribution in [2.24, 2.45) is 0 Å². The van der Waals surface area contributed by atoms with E-state index in [1.807, 2.05) is 0 Å². The third-order valence-electron chi connectivity index (χ3n) is 2.56. The average Bonchev–Trinajstić information content (AvgIpc) is 2.59. The number of benzene rings is 2.